The molecule has 0 spiro atoms. The van der Waals surface area contributed by atoms with Gasteiger partial charge in [0, 0.05) is 19.6 Å². The lowest BCUT2D eigenvalue weighted by atomic mass is 9.92. The van der Waals surface area contributed by atoms with Gasteiger partial charge in [0.2, 0.25) is 5.91 Å². The van der Waals surface area contributed by atoms with Gasteiger partial charge in [0.05, 0.1) is 12.5 Å². The molecule has 3 unspecified atom stereocenters. The van der Waals surface area contributed by atoms with Gasteiger partial charge >= 0.3 is 5.97 Å². The van der Waals surface area contributed by atoms with Crippen molar-refractivity contribution in [3.63, 3.8) is 0 Å². The van der Waals surface area contributed by atoms with Gasteiger partial charge in [-0.25, -0.2) is 0 Å². The Hall–Kier alpha value is -1.10. The molecule has 3 atom stereocenters. The van der Waals surface area contributed by atoms with Crippen LogP contribution < -0.4 is 0 Å². The van der Waals surface area contributed by atoms with Gasteiger partial charge in [0.25, 0.3) is 0 Å². The standard InChI is InChI=1S/C14H24N2O3/c1-10-5-11(2)7-16(6-10)13(17)9-15-4-3-12(8-15)14(18)19/h10-12H,3-9H2,1-2H3,(H,18,19). The Labute approximate surface area is 114 Å². The van der Waals surface area contributed by atoms with Crippen LogP contribution >= 0.6 is 0 Å². The van der Waals surface area contributed by atoms with Crippen molar-refractivity contribution in [2.75, 3.05) is 32.7 Å². The second-order valence-corrected chi connectivity index (χ2v) is 6.30. The van der Waals surface area contributed by atoms with Gasteiger partial charge in [-0.3, -0.25) is 14.5 Å². The Balaban J connectivity index is 1.83. The molecular formula is C14H24N2O3. The van der Waals surface area contributed by atoms with Crippen LogP contribution in [-0.4, -0.2) is 59.5 Å². The minimum Gasteiger partial charge on any atom is -0.481 e. The molecule has 1 N–H and O–H groups in total. The average Bonchev–Trinajstić information content (AvgIpc) is 2.76. The molecule has 0 bridgehead atoms. The topological polar surface area (TPSA) is 60.9 Å². The van der Waals surface area contributed by atoms with Gasteiger partial charge in [-0.15, -0.1) is 0 Å². The predicted octanol–water partition coefficient (Wildman–Crippen LogP) is 0.897. The molecule has 0 aromatic rings. The number of carbonyl (C=O) groups is 2. The second kappa shape index (κ2) is 5.90. The van der Waals surface area contributed by atoms with Crippen molar-refractivity contribution in [3.05, 3.63) is 0 Å². The van der Waals surface area contributed by atoms with E-state index < -0.39 is 5.97 Å². The molecule has 0 aromatic carbocycles. The van der Waals surface area contributed by atoms with Gasteiger partial charge in [0.15, 0.2) is 0 Å². The van der Waals surface area contributed by atoms with Crippen LogP contribution in [0.15, 0.2) is 0 Å². The number of hydrogen-bond acceptors (Lipinski definition) is 3. The lowest BCUT2D eigenvalue weighted by Gasteiger charge is -2.35. The Morgan fingerprint density at radius 1 is 1.16 bits per heavy atom. The highest BCUT2D eigenvalue weighted by Crippen LogP contribution is 2.22. The highest BCUT2D eigenvalue weighted by molar-refractivity contribution is 5.78. The number of carboxylic acids is 1. The van der Waals surface area contributed by atoms with E-state index in [0.29, 0.717) is 31.3 Å². The fourth-order valence-electron chi connectivity index (χ4n) is 3.34. The van der Waals surface area contributed by atoms with Gasteiger partial charge in [-0.1, -0.05) is 13.8 Å². The molecule has 2 fully saturated rings. The van der Waals surface area contributed by atoms with E-state index in [1.165, 1.54) is 6.42 Å². The van der Waals surface area contributed by atoms with Crippen molar-refractivity contribution in [1.29, 1.82) is 0 Å². The first-order chi connectivity index (χ1) is 8.95. The lowest BCUT2D eigenvalue weighted by molar-refractivity contribution is -0.141. The first-order valence-electron chi connectivity index (χ1n) is 7.18. The summed E-state index contributed by atoms with van der Waals surface area (Å²) in [6.07, 6.45) is 1.85. The molecule has 5 nitrogen and oxygen atoms in total. The summed E-state index contributed by atoms with van der Waals surface area (Å²) in [5.41, 5.74) is 0. The summed E-state index contributed by atoms with van der Waals surface area (Å²) in [4.78, 5) is 27.1. The first kappa shape index (κ1) is 14.3. The Morgan fingerprint density at radius 2 is 1.79 bits per heavy atom. The smallest absolute Gasteiger partial charge is 0.307 e. The van der Waals surface area contributed by atoms with Crippen LogP contribution in [-0.2, 0) is 9.59 Å². The van der Waals surface area contributed by atoms with E-state index in [2.05, 4.69) is 13.8 Å². The summed E-state index contributed by atoms with van der Waals surface area (Å²) >= 11 is 0. The number of piperidine rings is 1. The van der Waals surface area contributed by atoms with Crippen LogP contribution in [0.5, 0.6) is 0 Å². The van der Waals surface area contributed by atoms with Crippen molar-refractivity contribution >= 4 is 11.9 Å². The number of carboxylic acid groups (broad SMARTS) is 1. The van der Waals surface area contributed by atoms with E-state index >= 15 is 0 Å². The number of aliphatic carboxylic acids is 1. The highest BCUT2D eigenvalue weighted by atomic mass is 16.4. The van der Waals surface area contributed by atoms with E-state index in [1.807, 2.05) is 9.80 Å². The van der Waals surface area contributed by atoms with Crippen molar-refractivity contribution < 1.29 is 14.7 Å². The maximum atomic E-state index is 12.3. The molecule has 108 valence electrons. The Kier molecular flexibility index (Phi) is 4.45. The van der Waals surface area contributed by atoms with E-state index in [9.17, 15) is 9.59 Å². The Bertz CT molecular complexity index is 349. The Morgan fingerprint density at radius 3 is 2.32 bits per heavy atom. The van der Waals surface area contributed by atoms with Crippen molar-refractivity contribution in [2.24, 2.45) is 17.8 Å². The van der Waals surface area contributed by atoms with E-state index in [0.717, 1.165) is 19.6 Å². The normalized spacial score (nSPS) is 32.5. The largest absolute Gasteiger partial charge is 0.481 e. The average molecular weight is 268 g/mol. The lowest BCUT2D eigenvalue weighted by Crippen LogP contribution is -2.46. The molecule has 0 radical (unpaired) electrons. The minimum absolute atomic E-state index is 0.157. The number of likely N-dealkylation sites (tertiary alicyclic amines) is 2. The zero-order valence-electron chi connectivity index (χ0n) is 11.8. The minimum atomic E-state index is -0.741. The fraction of sp³-hybridized carbons (Fsp3) is 0.857. The summed E-state index contributed by atoms with van der Waals surface area (Å²) in [6, 6.07) is 0. The van der Waals surface area contributed by atoms with Crippen LogP contribution in [0.4, 0.5) is 0 Å². The zero-order valence-corrected chi connectivity index (χ0v) is 11.8. The third-order valence-electron chi connectivity index (χ3n) is 4.20. The molecule has 0 aromatic heterocycles. The van der Waals surface area contributed by atoms with Gasteiger partial charge in [0.1, 0.15) is 0 Å². The quantitative estimate of drug-likeness (QED) is 0.826. The third-order valence-corrected chi connectivity index (χ3v) is 4.20. The first-order valence-corrected chi connectivity index (χ1v) is 7.18. The molecule has 2 aliphatic heterocycles. The summed E-state index contributed by atoms with van der Waals surface area (Å²) < 4.78 is 0. The number of carbonyl (C=O) groups excluding carboxylic acids is 1. The van der Waals surface area contributed by atoms with E-state index in [-0.39, 0.29) is 11.8 Å². The number of hydrogen-bond donors (Lipinski definition) is 1. The molecule has 19 heavy (non-hydrogen) atoms. The van der Waals surface area contributed by atoms with Crippen molar-refractivity contribution in [3.8, 4) is 0 Å². The predicted molar refractivity (Wildman–Crippen MR) is 71.7 cm³/mol. The third kappa shape index (κ3) is 3.69. The maximum Gasteiger partial charge on any atom is 0.307 e. The van der Waals surface area contributed by atoms with Crippen LogP contribution in [0, 0.1) is 17.8 Å². The summed E-state index contributed by atoms with van der Waals surface area (Å²) in [5, 5.41) is 8.96. The van der Waals surface area contributed by atoms with Crippen molar-refractivity contribution in [2.45, 2.75) is 26.7 Å². The summed E-state index contributed by atoms with van der Waals surface area (Å²) in [5.74, 6) is 0.253. The molecule has 1 amide bonds. The maximum absolute atomic E-state index is 12.3. The van der Waals surface area contributed by atoms with E-state index in [4.69, 9.17) is 5.11 Å². The van der Waals surface area contributed by atoms with Crippen LogP contribution in [0.3, 0.4) is 0 Å². The molecular weight excluding hydrogens is 244 g/mol. The number of rotatable bonds is 3. The molecule has 2 aliphatic rings. The van der Waals surface area contributed by atoms with Crippen LogP contribution in [0.1, 0.15) is 26.7 Å². The van der Waals surface area contributed by atoms with Gasteiger partial charge < -0.3 is 10.0 Å². The van der Waals surface area contributed by atoms with Crippen molar-refractivity contribution in [1.82, 2.24) is 9.80 Å². The highest BCUT2D eigenvalue weighted by Gasteiger charge is 2.31. The summed E-state index contributed by atoms with van der Waals surface area (Å²) in [7, 11) is 0. The molecule has 5 heteroatoms. The SMILES string of the molecule is CC1CC(C)CN(C(=O)CN2CCC(C(=O)O)C2)C1. The number of nitrogens with zero attached hydrogens (tertiary/aromatic N) is 2. The molecule has 2 heterocycles. The molecule has 2 rings (SSSR count). The summed E-state index contributed by atoms with van der Waals surface area (Å²) in [6.45, 7) is 7.68. The fourth-order valence-corrected chi connectivity index (χ4v) is 3.34. The number of amides is 1. The van der Waals surface area contributed by atoms with Gasteiger partial charge in [-0.2, -0.15) is 0 Å². The van der Waals surface area contributed by atoms with Crippen LogP contribution in [0.25, 0.3) is 0 Å². The molecule has 0 aliphatic carbocycles. The van der Waals surface area contributed by atoms with Gasteiger partial charge in [-0.05, 0) is 31.2 Å². The molecule has 0 saturated carbocycles. The monoisotopic (exact) mass is 268 g/mol. The second-order valence-electron chi connectivity index (χ2n) is 6.30. The molecule has 2 saturated heterocycles. The van der Waals surface area contributed by atoms with Crippen LogP contribution in [0.2, 0.25) is 0 Å². The van der Waals surface area contributed by atoms with E-state index in [1.54, 1.807) is 0 Å². The zero-order chi connectivity index (χ0) is 14.0.